The molecular weight excluding hydrogens is 244 g/mol. The molecule has 1 aromatic rings. The molecule has 104 valence electrons. The highest BCUT2D eigenvalue weighted by atomic mass is 16.2. The molecule has 1 aliphatic rings. The minimum absolute atomic E-state index is 0.0192. The number of amides is 2. The van der Waals surface area contributed by atoms with Crippen molar-refractivity contribution in [3.8, 4) is 0 Å². The Morgan fingerprint density at radius 2 is 2.16 bits per heavy atom. The van der Waals surface area contributed by atoms with E-state index in [4.69, 9.17) is 5.73 Å². The largest absolute Gasteiger partial charge is 0.368 e. The normalized spacial score (nSPS) is 16.3. The molecule has 0 radical (unpaired) electrons. The molecule has 0 aromatic carbocycles. The first-order chi connectivity index (χ1) is 9.09. The third-order valence-corrected chi connectivity index (χ3v) is 3.50. The van der Waals surface area contributed by atoms with E-state index >= 15 is 0 Å². The molecule has 0 spiro atoms. The summed E-state index contributed by atoms with van der Waals surface area (Å²) in [5.74, 6) is -0.598. The van der Waals surface area contributed by atoms with Crippen LogP contribution in [-0.4, -0.2) is 47.0 Å². The molecule has 3 N–H and O–H groups in total. The summed E-state index contributed by atoms with van der Waals surface area (Å²) in [6, 6.07) is 3.66. The van der Waals surface area contributed by atoms with Crippen LogP contribution in [0, 0.1) is 0 Å². The maximum Gasteiger partial charge on any atom is 0.271 e. The van der Waals surface area contributed by atoms with Gasteiger partial charge in [-0.2, -0.15) is 0 Å². The maximum absolute atomic E-state index is 12.5. The molecular formula is C13H20N4O2. The summed E-state index contributed by atoms with van der Waals surface area (Å²) in [6.45, 7) is 1.70. The monoisotopic (exact) mass is 264 g/mol. The molecule has 2 rings (SSSR count). The fraction of sp³-hybridized carbons (Fsp3) is 0.538. The summed E-state index contributed by atoms with van der Waals surface area (Å²) in [5.41, 5.74) is 5.86. The van der Waals surface area contributed by atoms with Gasteiger partial charge in [-0.05, 0) is 38.1 Å². The highest BCUT2D eigenvalue weighted by molar-refractivity contribution is 5.95. The standard InChI is InChI=1S/C13H20N4O2/c1-16-8-2-3-11(16)13(19)17(9-12(14)18)10-4-6-15-7-5-10/h2-3,8,10,15H,4-7,9H2,1H3,(H2,14,18). The lowest BCUT2D eigenvalue weighted by Crippen LogP contribution is -2.49. The van der Waals surface area contributed by atoms with E-state index in [9.17, 15) is 9.59 Å². The van der Waals surface area contributed by atoms with E-state index in [1.54, 1.807) is 15.5 Å². The van der Waals surface area contributed by atoms with E-state index in [1.807, 2.05) is 19.3 Å². The lowest BCUT2D eigenvalue weighted by Gasteiger charge is -2.33. The van der Waals surface area contributed by atoms with Crippen molar-refractivity contribution in [1.29, 1.82) is 0 Å². The molecule has 2 amide bonds. The Morgan fingerprint density at radius 3 is 2.68 bits per heavy atom. The van der Waals surface area contributed by atoms with Gasteiger partial charge in [-0.3, -0.25) is 9.59 Å². The molecule has 1 aliphatic heterocycles. The van der Waals surface area contributed by atoms with E-state index < -0.39 is 5.91 Å². The Balaban J connectivity index is 2.19. The summed E-state index contributed by atoms with van der Waals surface area (Å²) in [5, 5.41) is 3.25. The fourth-order valence-corrected chi connectivity index (χ4v) is 2.48. The van der Waals surface area contributed by atoms with Gasteiger partial charge in [0.25, 0.3) is 5.91 Å². The molecule has 2 heterocycles. The second-order valence-corrected chi connectivity index (χ2v) is 4.88. The molecule has 6 heteroatoms. The Bertz CT molecular complexity index is 463. The van der Waals surface area contributed by atoms with Gasteiger partial charge in [-0.1, -0.05) is 0 Å². The molecule has 0 aliphatic carbocycles. The zero-order valence-electron chi connectivity index (χ0n) is 11.1. The van der Waals surface area contributed by atoms with Crippen LogP contribution in [0.5, 0.6) is 0 Å². The van der Waals surface area contributed by atoms with Crippen LogP contribution in [0.15, 0.2) is 18.3 Å². The van der Waals surface area contributed by atoms with Crippen LogP contribution in [0.25, 0.3) is 0 Å². The summed E-state index contributed by atoms with van der Waals surface area (Å²) < 4.78 is 1.76. The van der Waals surface area contributed by atoms with Crippen molar-refractivity contribution in [1.82, 2.24) is 14.8 Å². The van der Waals surface area contributed by atoms with E-state index in [0.29, 0.717) is 5.69 Å². The minimum Gasteiger partial charge on any atom is -0.368 e. The van der Waals surface area contributed by atoms with Crippen molar-refractivity contribution in [3.63, 3.8) is 0 Å². The minimum atomic E-state index is -0.471. The molecule has 19 heavy (non-hydrogen) atoms. The number of piperidine rings is 1. The second kappa shape index (κ2) is 5.88. The molecule has 1 saturated heterocycles. The SMILES string of the molecule is Cn1cccc1C(=O)N(CC(N)=O)C1CCNCC1. The zero-order valence-corrected chi connectivity index (χ0v) is 11.1. The number of nitrogens with two attached hydrogens (primary N) is 1. The first kappa shape index (κ1) is 13.6. The van der Waals surface area contributed by atoms with Crippen LogP contribution in [0.1, 0.15) is 23.3 Å². The summed E-state index contributed by atoms with van der Waals surface area (Å²) in [4.78, 5) is 25.4. The van der Waals surface area contributed by atoms with Crippen molar-refractivity contribution in [2.75, 3.05) is 19.6 Å². The number of primary amides is 1. The van der Waals surface area contributed by atoms with Crippen molar-refractivity contribution in [3.05, 3.63) is 24.0 Å². The Kier molecular flexibility index (Phi) is 4.21. The predicted molar refractivity (Wildman–Crippen MR) is 71.5 cm³/mol. The number of aryl methyl sites for hydroxylation is 1. The average Bonchev–Trinajstić information content (AvgIpc) is 2.82. The fourth-order valence-electron chi connectivity index (χ4n) is 2.48. The van der Waals surface area contributed by atoms with Gasteiger partial charge in [0.2, 0.25) is 5.91 Å². The number of nitrogens with zero attached hydrogens (tertiary/aromatic N) is 2. The van der Waals surface area contributed by atoms with E-state index in [-0.39, 0.29) is 18.5 Å². The first-order valence-corrected chi connectivity index (χ1v) is 6.51. The van der Waals surface area contributed by atoms with Crippen LogP contribution in [-0.2, 0) is 11.8 Å². The number of carbonyl (C=O) groups is 2. The summed E-state index contributed by atoms with van der Waals surface area (Å²) >= 11 is 0. The quantitative estimate of drug-likeness (QED) is 0.784. The van der Waals surface area contributed by atoms with Crippen molar-refractivity contribution in [2.24, 2.45) is 12.8 Å². The Hall–Kier alpha value is -1.82. The van der Waals surface area contributed by atoms with Crippen LogP contribution in [0.4, 0.5) is 0 Å². The highest BCUT2D eigenvalue weighted by Crippen LogP contribution is 2.15. The van der Waals surface area contributed by atoms with Gasteiger partial charge in [0.1, 0.15) is 5.69 Å². The molecule has 1 aromatic heterocycles. The number of rotatable bonds is 4. The second-order valence-electron chi connectivity index (χ2n) is 4.88. The smallest absolute Gasteiger partial charge is 0.271 e. The number of aromatic nitrogens is 1. The van der Waals surface area contributed by atoms with Crippen molar-refractivity contribution >= 4 is 11.8 Å². The third-order valence-electron chi connectivity index (χ3n) is 3.50. The summed E-state index contributed by atoms with van der Waals surface area (Å²) in [7, 11) is 1.82. The van der Waals surface area contributed by atoms with Gasteiger partial charge in [0.15, 0.2) is 0 Å². The molecule has 6 nitrogen and oxygen atoms in total. The maximum atomic E-state index is 12.5. The number of hydrogen-bond acceptors (Lipinski definition) is 3. The summed E-state index contributed by atoms with van der Waals surface area (Å²) in [6.07, 6.45) is 3.52. The van der Waals surface area contributed by atoms with Gasteiger partial charge in [0, 0.05) is 19.3 Å². The van der Waals surface area contributed by atoms with E-state index in [1.165, 1.54) is 0 Å². The molecule has 0 unspecified atom stereocenters. The van der Waals surface area contributed by atoms with Crippen LogP contribution < -0.4 is 11.1 Å². The zero-order chi connectivity index (χ0) is 13.8. The van der Waals surface area contributed by atoms with Crippen LogP contribution in [0.2, 0.25) is 0 Å². The van der Waals surface area contributed by atoms with Crippen LogP contribution >= 0.6 is 0 Å². The molecule has 0 bridgehead atoms. The third kappa shape index (κ3) is 3.14. The van der Waals surface area contributed by atoms with E-state index in [2.05, 4.69) is 5.32 Å². The van der Waals surface area contributed by atoms with Crippen molar-refractivity contribution < 1.29 is 9.59 Å². The number of hydrogen-bond donors (Lipinski definition) is 2. The van der Waals surface area contributed by atoms with Gasteiger partial charge in [-0.15, -0.1) is 0 Å². The van der Waals surface area contributed by atoms with Crippen LogP contribution in [0.3, 0.4) is 0 Å². The van der Waals surface area contributed by atoms with Gasteiger partial charge >= 0.3 is 0 Å². The lowest BCUT2D eigenvalue weighted by atomic mass is 10.0. The lowest BCUT2D eigenvalue weighted by molar-refractivity contribution is -0.119. The number of carbonyl (C=O) groups excluding carboxylic acids is 2. The highest BCUT2D eigenvalue weighted by Gasteiger charge is 2.28. The van der Waals surface area contributed by atoms with Gasteiger partial charge in [0.05, 0.1) is 6.54 Å². The Labute approximate surface area is 112 Å². The topological polar surface area (TPSA) is 80.4 Å². The first-order valence-electron chi connectivity index (χ1n) is 6.51. The van der Waals surface area contributed by atoms with Gasteiger partial charge in [-0.25, -0.2) is 0 Å². The van der Waals surface area contributed by atoms with E-state index in [0.717, 1.165) is 25.9 Å². The van der Waals surface area contributed by atoms with Crippen molar-refractivity contribution in [2.45, 2.75) is 18.9 Å². The number of nitrogens with one attached hydrogen (secondary N) is 1. The average molecular weight is 264 g/mol. The molecule has 0 atom stereocenters. The Morgan fingerprint density at radius 1 is 1.47 bits per heavy atom. The molecule has 0 saturated carbocycles. The predicted octanol–water partition coefficient (Wildman–Crippen LogP) is -0.295. The van der Waals surface area contributed by atoms with Gasteiger partial charge < -0.3 is 20.5 Å². The molecule has 1 fully saturated rings.